The number of hydrogen-bond donors (Lipinski definition) is 0. The van der Waals surface area contributed by atoms with Crippen LogP contribution < -0.4 is 9.47 Å². The molecular weight excluding hydrogens is 264 g/mol. The molecule has 0 aliphatic rings. The van der Waals surface area contributed by atoms with E-state index in [-0.39, 0.29) is 12.4 Å². The van der Waals surface area contributed by atoms with Crippen LogP contribution in [0.15, 0.2) is 42.5 Å². The summed E-state index contributed by atoms with van der Waals surface area (Å²) in [6, 6.07) is 13.0. The Morgan fingerprint density at radius 3 is 2.48 bits per heavy atom. The summed E-state index contributed by atoms with van der Waals surface area (Å²) in [5.41, 5.74) is 2.91. The Labute approximate surface area is 125 Å². The molecule has 3 heteroatoms. The molecule has 0 fully saturated rings. The minimum atomic E-state index is -0.0859. The van der Waals surface area contributed by atoms with Crippen LogP contribution in [0.4, 0.5) is 0 Å². The van der Waals surface area contributed by atoms with Gasteiger partial charge in [-0.1, -0.05) is 18.2 Å². The van der Waals surface area contributed by atoms with Gasteiger partial charge in [0, 0.05) is 0 Å². The number of hydrogen-bond acceptors (Lipinski definition) is 3. The van der Waals surface area contributed by atoms with Crippen LogP contribution in [-0.2, 0) is 0 Å². The molecule has 0 atom stereocenters. The van der Waals surface area contributed by atoms with Gasteiger partial charge in [-0.05, 0) is 56.2 Å². The molecule has 2 rings (SSSR count). The summed E-state index contributed by atoms with van der Waals surface area (Å²) >= 11 is 0. The second-order valence-corrected chi connectivity index (χ2v) is 4.89. The first-order valence-electron chi connectivity index (χ1n) is 7.07. The van der Waals surface area contributed by atoms with Crippen LogP contribution in [0.5, 0.6) is 11.5 Å². The van der Waals surface area contributed by atoms with Gasteiger partial charge in [-0.2, -0.15) is 0 Å². The molecule has 0 spiro atoms. The van der Waals surface area contributed by atoms with Crippen molar-refractivity contribution in [2.45, 2.75) is 20.8 Å². The topological polar surface area (TPSA) is 35.5 Å². The van der Waals surface area contributed by atoms with Crippen LogP contribution in [0.1, 0.15) is 28.4 Å². The smallest absolute Gasteiger partial charge is 0.203 e. The molecule has 0 saturated carbocycles. The molecule has 0 unspecified atom stereocenters. The Morgan fingerprint density at radius 1 is 1.00 bits per heavy atom. The van der Waals surface area contributed by atoms with Gasteiger partial charge >= 0.3 is 0 Å². The number of ether oxygens (including phenoxy) is 2. The molecule has 0 aliphatic carbocycles. The van der Waals surface area contributed by atoms with E-state index in [1.54, 1.807) is 12.1 Å². The van der Waals surface area contributed by atoms with Gasteiger partial charge in [-0.15, -0.1) is 0 Å². The van der Waals surface area contributed by atoms with Gasteiger partial charge in [-0.3, -0.25) is 4.79 Å². The van der Waals surface area contributed by atoms with Crippen LogP contribution in [0, 0.1) is 13.8 Å². The molecule has 0 bridgehead atoms. The van der Waals surface area contributed by atoms with E-state index >= 15 is 0 Å². The Bertz CT molecular complexity index is 632. The average molecular weight is 284 g/mol. The number of Topliss-reactive ketones (excluding diaryl/α,β-unsaturated/α-hetero) is 1. The molecule has 0 aliphatic heterocycles. The van der Waals surface area contributed by atoms with Crippen LogP contribution in [-0.4, -0.2) is 19.0 Å². The molecule has 0 saturated heterocycles. The molecule has 0 aromatic heterocycles. The number of aryl methyl sites for hydroxylation is 2. The highest BCUT2D eigenvalue weighted by Gasteiger charge is 2.12. The van der Waals surface area contributed by atoms with E-state index in [4.69, 9.17) is 9.47 Å². The Kier molecular flexibility index (Phi) is 4.99. The van der Waals surface area contributed by atoms with Crippen LogP contribution in [0.2, 0.25) is 0 Å². The summed E-state index contributed by atoms with van der Waals surface area (Å²) in [4.78, 5) is 12.3. The third-order valence-corrected chi connectivity index (χ3v) is 3.34. The van der Waals surface area contributed by atoms with E-state index in [1.165, 1.54) is 5.56 Å². The number of para-hydroxylation sites is 1. The molecule has 2 aromatic carbocycles. The maximum absolute atomic E-state index is 12.3. The lowest BCUT2D eigenvalue weighted by molar-refractivity contribution is 0.0917. The molecular formula is C18H20O3. The minimum Gasteiger partial charge on any atom is -0.493 e. The zero-order chi connectivity index (χ0) is 15.2. The van der Waals surface area contributed by atoms with E-state index in [0.29, 0.717) is 23.7 Å². The van der Waals surface area contributed by atoms with Crippen molar-refractivity contribution in [2.24, 2.45) is 0 Å². The standard InChI is InChI=1S/C18H20O3/c1-4-20-18-8-6-5-7-16(18)17(19)12-21-15-10-9-13(2)14(3)11-15/h5-11H,4,12H2,1-3H3. The first-order chi connectivity index (χ1) is 10.1. The fourth-order valence-corrected chi connectivity index (χ4v) is 2.01. The van der Waals surface area contributed by atoms with Crippen molar-refractivity contribution in [1.82, 2.24) is 0 Å². The highest BCUT2D eigenvalue weighted by atomic mass is 16.5. The highest BCUT2D eigenvalue weighted by molar-refractivity contribution is 5.99. The van der Waals surface area contributed by atoms with Crippen molar-refractivity contribution >= 4 is 5.78 Å². The summed E-state index contributed by atoms with van der Waals surface area (Å²) in [5.74, 6) is 1.23. The number of carbonyl (C=O) groups is 1. The summed E-state index contributed by atoms with van der Waals surface area (Å²) < 4.78 is 11.1. The van der Waals surface area contributed by atoms with E-state index < -0.39 is 0 Å². The number of rotatable bonds is 6. The number of benzene rings is 2. The van der Waals surface area contributed by atoms with E-state index in [0.717, 1.165) is 5.56 Å². The summed E-state index contributed by atoms with van der Waals surface area (Å²) in [7, 11) is 0. The monoisotopic (exact) mass is 284 g/mol. The first-order valence-corrected chi connectivity index (χ1v) is 7.07. The predicted molar refractivity (Wildman–Crippen MR) is 83.4 cm³/mol. The van der Waals surface area contributed by atoms with Gasteiger partial charge in [-0.25, -0.2) is 0 Å². The molecule has 110 valence electrons. The lowest BCUT2D eigenvalue weighted by atomic mass is 10.1. The predicted octanol–water partition coefficient (Wildman–Crippen LogP) is 3.96. The van der Waals surface area contributed by atoms with Crippen molar-refractivity contribution in [3.05, 3.63) is 59.2 Å². The minimum absolute atomic E-state index is 0.00654. The molecule has 0 N–H and O–H groups in total. The second kappa shape index (κ2) is 6.93. The maximum Gasteiger partial charge on any atom is 0.203 e. The third-order valence-electron chi connectivity index (χ3n) is 3.34. The quantitative estimate of drug-likeness (QED) is 0.753. The van der Waals surface area contributed by atoms with Gasteiger partial charge in [0.1, 0.15) is 11.5 Å². The summed E-state index contributed by atoms with van der Waals surface area (Å²) in [5, 5.41) is 0. The van der Waals surface area contributed by atoms with Gasteiger partial charge in [0.15, 0.2) is 6.61 Å². The Balaban J connectivity index is 2.06. The van der Waals surface area contributed by atoms with Gasteiger partial charge in [0.25, 0.3) is 0 Å². The van der Waals surface area contributed by atoms with E-state index in [1.807, 2.05) is 51.1 Å². The second-order valence-electron chi connectivity index (χ2n) is 4.89. The molecule has 0 radical (unpaired) electrons. The van der Waals surface area contributed by atoms with Gasteiger partial charge in [0.05, 0.1) is 12.2 Å². The first kappa shape index (κ1) is 15.1. The fourth-order valence-electron chi connectivity index (χ4n) is 2.01. The molecule has 21 heavy (non-hydrogen) atoms. The lowest BCUT2D eigenvalue weighted by Crippen LogP contribution is -2.13. The van der Waals surface area contributed by atoms with E-state index in [9.17, 15) is 4.79 Å². The highest BCUT2D eigenvalue weighted by Crippen LogP contribution is 2.20. The largest absolute Gasteiger partial charge is 0.493 e. The molecule has 0 amide bonds. The van der Waals surface area contributed by atoms with Crippen molar-refractivity contribution in [3.8, 4) is 11.5 Å². The zero-order valence-electron chi connectivity index (χ0n) is 12.7. The van der Waals surface area contributed by atoms with Gasteiger partial charge < -0.3 is 9.47 Å². The summed E-state index contributed by atoms with van der Waals surface area (Å²) in [6.45, 7) is 6.50. The van der Waals surface area contributed by atoms with E-state index in [2.05, 4.69) is 0 Å². The van der Waals surface area contributed by atoms with Crippen LogP contribution in [0.25, 0.3) is 0 Å². The average Bonchev–Trinajstić information content (AvgIpc) is 2.49. The molecule has 3 nitrogen and oxygen atoms in total. The van der Waals surface area contributed by atoms with Crippen molar-refractivity contribution in [2.75, 3.05) is 13.2 Å². The maximum atomic E-state index is 12.3. The number of carbonyl (C=O) groups excluding carboxylic acids is 1. The Morgan fingerprint density at radius 2 is 1.76 bits per heavy atom. The van der Waals surface area contributed by atoms with Crippen molar-refractivity contribution in [3.63, 3.8) is 0 Å². The molecule has 0 heterocycles. The Hall–Kier alpha value is -2.29. The third kappa shape index (κ3) is 3.85. The van der Waals surface area contributed by atoms with Crippen LogP contribution >= 0.6 is 0 Å². The van der Waals surface area contributed by atoms with Crippen molar-refractivity contribution in [1.29, 1.82) is 0 Å². The van der Waals surface area contributed by atoms with Crippen molar-refractivity contribution < 1.29 is 14.3 Å². The summed E-state index contributed by atoms with van der Waals surface area (Å²) in [6.07, 6.45) is 0. The SMILES string of the molecule is CCOc1ccccc1C(=O)COc1ccc(C)c(C)c1. The van der Waals surface area contributed by atoms with Crippen LogP contribution in [0.3, 0.4) is 0 Å². The fraction of sp³-hybridized carbons (Fsp3) is 0.278. The lowest BCUT2D eigenvalue weighted by Gasteiger charge is -2.11. The van der Waals surface area contributed by atoms with Gasteiger partial charge in [0.2, 0.25) is 5.78 Å². The normalized spacial score (nSPS) is 10.2. The number of ketones is 1. The zero-order valence-corrected chi connectivity index (χ0v) is 12.7. The molecule has 2 aromatic rings.